The van der Waals surface area contributed by atoms with Crippen LogP contribution in [0.5, 0.6) is 0 Å². The van der Waals surface area contributed by atoms with Crippen molar-refractivity contribution in [3.05, 3.63) is 58.3 Å². The molecule has 0 spiro atoms. The van der Waals surface area contributed by atoms with E-state index in [1.807, 2.05) is 17.5 Å². The Bertz CT molecular complexity index is 645. The number of anilines is 1. The summed E-state index contributed by atoms with van der Waals surface area (Å²) in [6.07, 6.45) is 3.33. The summed E-state index contributed by atoms with van der Waals surface area (Å²) in [6, 6.07) is 10.6. The molecule has 3 nitrogen and oxygen atoms in total. The molecule has 5 heteroatoms. The van der Waals surface area contributed by atoms with Gasteiger partial charge in [0.05, 0.1) is 0 Å². The molecule has 1 amide bonds. The highest BCUT2D eigenvalue weighted by molar-refractivity contribution is 7.10. The monoisotopic (exact) mass is 319 g/mol. The number of benzene rings is 1. The molecule has 1 heterocycles. The molecule has 0 aliphatic heterocycles. The Labute approximate surface area is 132 Å². The number of hydrogen-bond donors (Lipinski definition) is 1. The standard InChI is InChI=1S/C16H14ClNO2S/c1-11(17)16(20)18-13-6-4-12(5-7-13)15(19)9-8-14-3-2-10-21-14/h2-11H,1H3,(H,18,20). The van der Waals surface area contributed by atoms with Gasteiger partial charge in [-0.25, -0.2) is 0 Å². The molecule has 1 aromatic carbocycles. The maximum absolute atomic E-state index is 12.0. The summed E-state index contributed by atoms with van der Waals surface area (Å²) in [5.74, 6) is -0.347. The fourth-order valence-corrected chi connectivity index (χ4v) is 2.27. The second kappa shape index (κ2) is 7.20. The molecule has 0 fully saturated rings. The average molecular weight is 320 g/mol. The molecule has 2 rings (SSSR count). The van der Waals surface area contributed by atoms with Crippen LogP contribution >= 0.6 is 22.9 Å². The van der Waals surface area contributed by atoms with E-state index in [2.05, 4.69) is 5.32 Å². The van der Waals surface area contributed by atoms with Crippen LogP contribution in [0.1, 0.15) is 22.2 Å². The van der Waals surface area contributed by atoms with Crippen LogP contribution in [-0.4, -0.2) is 17.1 Å². The minimum absolute atomic E-state index is 0.0769. The van der Waals surface area contributed by atoms with Crippen LogP contribution < -0.4 is 5.32 Å². The summed E-state index contributed by atoms with van der Waals surface area (Å²) in [6.45, 7) is 1.60. The van der Waals surface area contributed by atoms with E-state index in [0.29, 0.717) is 11.3 Å². The number of hydrogen-bond acceptors (Lipinski definition) is 3. The van der Waals surface area contributed by atoms with Crippen molar-refractivity contribution >= 4 is 46.4 Å². The second-order valence-electron chi connectivity index (χ2n) is 4.40. The Morgan fingerprint density at radius 1 is 1.24 bits per heavy atom. The predicted molar refractivity (Wildman–Crippen MR) is 88.1 cm³/mol. The lowest BCUT2D eigenvalue weighted by Gasteiger charge is -2.06. The second-order valence-corrected chi connectivity index (χ2v) is 6.03. The Hall–Kier alpha value is -1.91. The number of amides is 1. The van der Waals surface area contributed by atoms with Crippen molar-refractivity contribution in [2.24, 2.45) is 0 Å². The Morgan fingerprint density at radius 3 is 2.52 bits per heavy atom. The van der Waals surface area contributed by atoms with Gasteiger partial charge >= 0.3 is 0 Å². The fraction of sp³-hybridized carbons (Fsp3) is 0.125. The molecule has 0 radical (unpaired) electrons. The Morgan fingerprint density at radius 2 is 1.95 bits per heavy atom. The van der Waals surface area contributed by atoms with Crippen molar-refractivity contribution < 1.29 is 9.59 Å². The molecule has 0 aliphatic carbocycles. The number of rotatable bonds is 5. The van der Waals surface area contributed by atoms with Crippen molar-refractivity contribution in [1.29, 1.82) is 0 Å². The molecule has 108 valence electrons. The maximum Gasteiger partial charge on any atom is 0.242 e. The van der Waals surface area contributed by atoms with Crippen molar-refractivity contribution in [3.8, 4) is 0 Å². The number of carbonyl (C=O) groups is 2. The zero-order valence-corrected chi connectivity index (χ0v) is 12.9. The largest absolute Gasteiger partial charge is 0.325 e. The summed E-state index contributed by atoms with van der Waals surface area (Å²) in [7, 11) is 0. The van der Waals surface area contributed by atoms with Gasteiger partial charge in [-0.1, -0.05) is 6.07 Å². The lowest BCUT2D eigenvalue weighted by atomic mass is 10.1. The molecule has 21 heavy (non-hydrogen) atoms. The lowest BCUT2D eigenvalue weighted by molar-refractivity contribution is -0.115. The zero-order valence-electron chi connectivity index (χ0n) is 11.4. The summed E-state index contributed by atoms with van der Waals surface area (Å²) >= 11 is 7.25. The van der Waals surface area contributed by atoms with Crippen molar-refractivity contribution in [2.45, 2.75) is 12.3 Å². The first-order valence-electron chi connectivity index (χ1n) is 6.37. The molecule has 1 N–H and O–H groups in total. The molecular formula is C16H14ClNO2S. The number of ketones is 1. The van der Waals surface area contributed by atoms with E-state index in [1.54, 1.807) is 54.7 Å². The summed E-state index contributed by atoms with van der Waals surface area (Å²) in [5, 5.41) is 4.02. The van der Waals surface area contributed by atoms with E-state index >= 15 is 0 Å². The van der Waals surface area contributed by atoms with E-state index in [-0.39, 0.29) is 11.7 Å². The van der Waals surface area contributed by atoms with Crippen molar-refractivity contribution in [1.82, 2.24) is 0 Å². The van der Waals surface area contributed by atoms with Crippen LogP contribution in [0.3, 0.4) is 0 Å². The molecule has 0 saturated carbocycles. The number of carbonyl (C=O) groups excluding carboxylic acids is 2. The minimum Gasteiger partial charge on any atom is -0.325 e. The summed E-state index contributed by atoms with van der Waals surface area (Å²) in [4.78, 5) is 24.5. The van der Waals surface area contributed by atoms with Crippen molar-refractivity contribution in [3.63, 3.8) is 0 Å². The van der Waals surface area contributed by atoms with Gasteiger partial charge in [0.2, 0.25) is 5.91 Å². The van der Waals surface area contributed by atoms with E-state index in [9.17, 15) is 9.59 Å². The maximum atomic E-state index is 12.0. The van der Waals surface area contributed by atoms with Crippen LogP contribution in [0.4, 0.5) is 5.69 Å². The van der Waals surface area contributed by atoms with E-state index in [1.165, 1.54) is 0 Å². The number of allylic oxidation sites excluding steroid dienone is 1. The normalized spacial score (nSPS) is 12.3. The molecular weight excluding hydrogens is 306 g/mol. The highest BCUT2D eigenvalue weighted by atomic mass is 35.5. The third kappa shape index (κ3) is 4.55. The van der Waals surface area contributed by atoms with Crippen LogP contribution in [0.2, 0.25) is 0 Å². The molecule has 0 bridgehead atoms. The highest BCUT2D eigenvalue weighted by Gasteiger charge is 2.09. The zero-order chi connectivity index (χ0) is 15.2. The first-order valence-corrected chi connectivity index (χ1v) is 7.69. The van der Waals surface area contributed by atoms with Crippen molar-refractivity contribution in [2.75, 3.05) is 5.32 Å². The number of thiophene rings is 1. The van der Waals surface area contributed by atoms with Crippen LogP contribution in [-0.2, 0) is 4.79 Å². The fourth-order valence-electron chi connectivity index (χ4n) is 1.60. The predicted octanol–water partition coefficient (Wildman–Crippen LogP) is 4.21. The Balaban J connectivity index is 2.01. The van der Waals surface area contributed by atoms with E-state index in [4.69, 9.17) is 11.6 Å². The average Bonchev–Trinajstić information content (AvgIpc) is 2.98. The molecule has 0 saturated heterocycles. The molecule has 1 aromatic heterocycles. The number of alkyl halides is 1. The van der Waals surface area contributed by atoms with Gasteiger partial charge in [0.1, 0.15) is 5.38 Å². The Kier molecular flexibility index (Phi) is 5.31. The van der Waals surface area contributed by atoms with E-state index < -0.39 is 5.38 Å². The number of nitrogens with one attached hydrogen (secondary N) is 1. The van der Waals surface area contributed by atoms with Gasteiger partial charge in [-0.3, -0.25) is 9.59 Å². The van der Waals surface area contributed by atoms with Gasteiger partial charge < -0.3 is 5.32 Å². The molecule has 2 aromatic rings. The van der Waals surface area contributed by atoms with Crippen LogP contribution in [0.15, 0.2) is 47.9 Å². The first kappa shape index (κ1) is 15.5. The molecule has 0 aliphatic rings. The summed E-state index contributed by atoms with van der Waals surface area (Å²) in [5.41, 5.74) is 1.19. The third-order valence-electron chi connectivity index (χ3n) is 2.74. The smallest absolute Gasteiger partial charge is 0.242 e. The molecule has 1 atom stereocenters. The van der Waals surface area contributed by atoms with E-state index in [0.717, 1.165) is 4.88 Å². The van der Waals surface area contributed by atoms with Gasteiger partial charge in [0, 0.05) is 16.1 Å². The topological polar surface area (TPSA) is 46.2 Å². The number of halogens is 1. The third-order valence-corrected chi connectivity index (χ3v) is 3.78. The van der Waals surface area contributed by atoms with Gasteiger partial charge in [-0.15, -0.1) is 22.9 Å². The lowest BCUT2D eigenvalue weighted by Crippen LogP contribution is -2.20. The first-order chi connectivity index (χ1) is 10.1. The SMILES string of the molecule is CC(Cl)C(=O)Nc1ccc(C(=O)C=Cc2cccs2)cc1. The summed E-state index contributed by atoms with van der Waals surface area (Å²) < 4.78 is 0. The van der Waals surface area contributed by atoms with Gasteiger partial charge in [0.15, 0.2) is 5.78 Å². The minimum atomic E-state index is -0.597. The quantitative estimate of drug-likeness (QED) is 0.510. The van der Waals surface area contributed by atoms with Gasteiger partial charge in [0.25, 0.3) is 0 Å². The van der Waals surface area contributed by atoms with Crippen LogP contribution in [0.25, 0.3) is 6.08 Å². The highest BCUT2D eigenvalue weighted by Crippen LogP contribution is 2.14. The van der Waals surface area contributed by atoms with Gasteiger partial charge in [-0.2, -0.15) is 0 Å². The van der Waals surface area contributed by atoms with Crippen LogP contribution in [0, 0.1) is 0 Å². The molecule has 1 unspecified atom stereocenters. The van der Waals surface area contributed by atoms with Gasteiger partial charge in [-0.05, 0) is 54.8 Å².